The predicted molar refractivity (Wildman–Crippen MR) is 33.0 cm³/mol. The van der Waals surface area contributed by atoms with E-state index in [1.54, 1.807) is 0 Å². The molecule has 0 aliphatic rings. The third kappa shape index (κ3) is 65.8. The number of rotatable bonds is 2. The molecule has 0 heterocycles. The van der Waals surface area contributed by atoms with E-state index in [0.29, 0.717) is 0 Å². The summed E-state index contributed by atoms with van der Waals surface area (Å²) < 4.78 is 29.7. The Bertz CT molecular complexity index is 280. The van der Waals surface area contributed by atoms with Crippen LogP contribution >= 0.6 is 23.5 Å². The van der Waals surface area contributed by atoms with Crippen LogP contribution in [0.3, 0.4) is 0 Å². The molecule has 0 unspecified atom stereocenters. The van der Waals surface area contributed by atoms with Crippen LogP contribution in [0.5, 0.6) is 0 Å². The fourth-order valence-electron chi connectivity index (χ4n) is 0.122. The molecule has 11 nitrogen and oxygen atoms in total. The second-order valence-electron chi connectivity index (χ2n) is 1.42. The van der Waals surface area contributed by atoms with Crippen molar-refractivity contribution in [1.82, 2.24) is 0 Å². The zero-order valence-corrected chi connectivity index (χ0v) is 17.4. The first-order valence-corrected chi connectivity index (χ1v) is 6.57. The van der Waals surface area contributed by atoms with Gasteiger partial charge in [-0.2, -0.15) is 7.82 Å². The molecule has 0 bridgehead atoms. The van der Waals surface area contributed by atoms with Crippen molar-refractivity contribution >= 4 is 61.2 Å². The first-order chi connectivity index (χ1) is 5.71. The maximum absolute atomic E-state index is 9.32. The largest absolute Gasteiger partial charge is 2.00 e. The molecule has 17 heavy (non-hydrogen) atoms. The van der Waals surface area contributed by atoms with Crippen LogP contribution in [0, 0.1) is 0 Å². The Hall–Kier alpha value is 3.63. The molecule has 0 spiro atoms. The molecule has 0 aromatic rings. The van der Waals surface area contributed by atoms with Crippen molar-refractivity contribution < 1.29 is 116 Å². The van der Waals surface area contributed by atoms with E-state index >= 15 is 0 Å². The first-order valence-electron chi connectivity index (χ1n) is 2.19. The van der Waals surface area contributed by atoms with Gasteiger partial charge in [0.2, 0.25) is 0 Å². The molecule has 0 saturated heterocycles. The first kappa shape index (κ1) is 32.5. The average molecular weight is 358 g/mol. The van der Waals surface area contributed by atoms with Crippen LogP contribution in [0.2, 0.25) is 0 Å². The third-order valence-electron chi connectivity index (χ3n) is 0.200. The Morgan fingerprint density at radius 1 is 0.706 bits per heavy atom. The summed E-state index contributed by atoms with van der Waals surface area (Å²) in [6.45, 7) is 0. The fourth-order valence-corrected chi connectivity index (χ4v) is 1.10. The number of hydrogen-bond donors (Lipinski definition) is 0. The van der Waals surface area contributed by atoms with E-state index in [9.17, 15) is 28.7 Å². The molecule has 0 rings (SSSR count). The maximum Gasteiger partial charge on any atom is 2.00 e. The van der Waals surface area contributed by atoms with Crippen molar-refractivity contribution in [2.45, 2.75) is 0 Å². The summed E-state index contributed by atoms with van der Waals surface area (Å²) >= 11 is 0. The van der Waals surface area contributed by atoms with Gasteiger partial charge in [0.1, 0.15) is 0 Å². The topological polar surface area (TPSA) is 222 Å². The maximum atomic E-state index is 9.32. The minimum atomic E-state index is -5.68. The summed E-state index contributed by atoms with van der Waals surface area (Å²) in [5.41, 5.74) is 0. The molecule has 0 aliphatic heterocycles. The van der Waals surface area contributed by atoms with Crippen LogP contribution in [-0.2, 0) is 18.0 Å². The molecule has 0 aromatic carbocycles. The molecule has 88 valence electrons. The summed E-state index contributed by atoms with van der Waals surface area (Å²) in [5, 5.41) is 0. The van der Waals surface area contributed by atoms with Crippen molar-refractivity contribution in [3.8, 4) is 0 Å². The van der Waals surface area contributed by atoms with Gasteiger partial charge in [-0.1, -0.05) is 0 Å². The van der Waals surface area contributed by atoms with E-state index in [1.165, 1.54) is 0 Å². The fraction of sp³-hybridized carbons (Fsp3) is 0. The van der Waals surface area contributed by atoms with Crippen LogP contribution in [-0.4, -0.2) is 37.7 Å². The van der Waals surface area contributed by atoms with Gasteiger partial charge in [0, 0.05) is 0 Å². The molecule has 17 heteroatoms. The quantitative estimate of drug-likeness (QED) is 0.333. The summed E-state index contributed by atoms with van der Waals surface area (Å²) in [6.07, 6.45) is 0. The summed E-state index contributed by atoms with van der Waals surface area (Å²) in [5.74, 6) is 0. The molecule has 0 aromatic heterocycles. The zero-order valence-electron chi connectivity index (χ0n) is 11.5. The minimum Gasteiger partial charge on any atom is -0.822 e. The van der Waals surface area contributed by atoms with Gasteiger partial charge >= 0.3 is 101 Å². The molecule has 0 N–H and O–H groups in total. The van der Waals surface area contributed by atoms with E-state index in [4.69, 9.17) is 19.2 Å². The second kappa shape index (κ2) is 13.3. The van der Waals surface area contributed by atoms with Crippen LogP contribution < -0.4 is 93.4 Å². The molecule has 0 aliphatic carbocycles. The zero-order chi connectivity index (χ0) is 12.2. The Morgan fingerprint density at radius 3 is 0.824 bits per heavy atom. The van der Waals surface area contributed by atoms with Crippen LogP contribution in [0.15, 0.2) is 0 Å². The Kier molecular flexibility index (Phi) is 25.5. The van der Waals surface area contributed by atoms with Crippen LogP contribution in [0.4, 0.5) is 0 Å². The Balaban J connectivity index is -0.0000000199. The van der Waals surface area contributed by atoms with E-state index in [-0.39, 0.29) is 101 Å². The van der Waals surface area contributed by atoms with Crippen molar-refractivity contribution in [2.75, 3.05) is 0 Å². The number of phosphoric acid groups is 3. The van der Waals surface area contributed by atoms with E-state index in [1.807, 2.05) is 0 Å². The van der Waals surface area contributed by atoms with Gasteiger partial charge in [0.25, 0.3) is 0 Å². The summed E-state index contributed by atoms with van der Waals surface area (Å²) in [4.78, 5) is 62.9. The van der Waals surface area contributed by atoms with E-state index in [0.717, 1.165) is 0 Å². The molecule has 0 saturated carbocycles. The van der Waals surface area contributed by atoms with Gasteiger partial charge in [0.05, 0.1) is 15.6 Å². The van der Waals surface area contributed by atoms with E-state index in [2.05, 4.69) is 4.31 Å². The predicted octanol–water partition coefficient (Wildman–Crippen LogP) is -12.2. The average Bonchev–Trinajstić information content (AvgIpc) is 1.42. The van der Waals surface area contributed by atoms with Crippen molar-refractivity contribution in [3.63, 3.8) is 0 Å². The van der Waals surface area contributed by atoms with Gasteiger partial charge in [-0.25, -0.2) is 0 Å². The van der Waals surface area contributed by atoms with E-state index < -0.39 is 23.5 Å². The van der Waals surface area contributed by atoms with Crippen LogP contribution in [0.1, 0.15) is 4.28 Å². The molecule has 0 atom stereocenters. The second-order valence-corrected chi connectivity index (χ2v) is 4.76. The molecular weight excluding hydrogens is 355 g/mol. The molecular formula is H3CaNa2O11P3. The molecule has 0 radical (unpaired) electrons. The standard InChI is InChI=1S/Ca.2Na.H4O7P2.H3O4P/c;;;1-8(2,3)7-9(4,5)6;1-5(2,3)4/h;;;(H2,1,2,3)(H2,4,5,6);(H3,1,2,3,4)/q+2;2*+1;;/p-4. The van der Waals surface area contributed by atoms with Gasteiger partial charge in [0.15, 0.2) is 0 Å². The van der Waals surface area contributed by atoms with Gasteiger partial charge < -0.3 is 52.3 Å². The van der Waals surface area contributed by atoms with Gasteiger partial charge in [-0.15, -0.1) is 0 Å². The molecule has 0 fully saturated rings. The van der Waals surface area contributed by atoms with Crippen molar-refractivity contribution in [1.29, 1.82) is 0 Å². The molecule has 0 amide bonds. The Morgan fingerprint density at radius 2 is 0.824 bits per heavy atom. The van der Waals surface area contributed by atoms with Crippen molar-refractivity contribution in [3.05, 3.63) is 0 Å². The number of hydrogen-bond acceptors (Lipinski definition) is 11. The SMILES string of the molecule is O=P([O-])([O-])OP(=O)([O-])[O-].O=P([O-])([O-])[O-].[Ca+2].[H+].[H+].[H+].[Na+].[Na+]. The monoisotopic (exact) mass is 358 g/mol. The van der Waals surface area contributed by atoms with Gasteiger partial charge in [-0.3, -0.25) is 0 Å². The summed E-state index contributed by atoms with van der Waals surface area (Å²) in [7, 11) is -16.7. The minimum absolute atomic E-state index is 0. The normalized spacial score (nSPS) is 10.8. The summed E-state index contributed by atoms with van der Waals surface area (Å²) in [6, 6.07) is 0. The van der Waals surface area contributed by atoms with Gasteiger partial charge in [-0.05, 0) is 0 Å². The van der Waals surface area contributed by atoms with Crippen molar-refractivity contribution in [2.24, 2.45) is 0 Å². The smallest absolute Gasteiger partial charge is 0.822 e. The Labute approximate surface area is 174 Å². The third-order valence-corrected chi connectivity index (χ3v) is 1.80. The van der Waals surface area contributed by atoms with Crippen LogP contribution in [0.25, 0.3) is 0 Å².